The van der Waals surface area contributed by atoms with Crippen molar-refractivity contribution in [1.82, 2.24) is 14.7 Å². The second-order valence-electron chi connectivity index (χ2n) is 6.14. The lowest BCUT2D eigenvalue weighted by Gasteiger charge is -2.12. The van der Waals surface area contributed by atoms with Crippen LogP contribution in [0, 0.1) is 19.7 Å². The van der Waals surface area contributed by atoms with E-state index in [4.69, 9.17) is 5.73 Å². The van der Waals surface area contributed by atoms with Gasteiger partial charge in [0, 0.05) is 36.5 Å². The van der Waals surface area contributed by atoms with Crippen molar-refractivity contribution in [2.45, 2.75) is 26.3 Å². The maximum Gasteiger partial charge on any atom is 0.246 e. The largest absolute Gasteiger partial charge is 0.338 e. The van der Waals surface area contributed by atoms with Crippen LogP contribution in [0.3, 0.4) is 0 Å². The summed E-state index contributed by atoms with van der Waals surface area (Å²) in [6.45, 7) is 5.13. The zero-order valence-electron chi connectivity index (χ0n) is 13.9. The third-order valence-electron chi connectivity index (χ3n) is 4.35. The van der Waals surface area contributed by atoms with E-state index in [2.05, 4.69) is 5.10 Å². The number of nitrogens with two attached hydrogens (primary N) is 1. The minimum Gasteiger partial charge on any atom is -0.338 e. The summed E-state index contributed by atoms with van der Waals surface area (Å²) in [5.74, 6) is -0.314. The van der Waals surface area contributed by atoms with Gasteiger partial charge in [-0.05, 0) is 50.6 Å². The van der Waals surface area contributed by atoms with Crippen LogP contribution in [0.2, 0.25) is 0 Å². The molecule has 1 amide bonds. The monoisotopic (exact) mass is 328 g/mol. The summed E-state index contributed by atoms with van der Waals surface area (Å²) in [6.07, 6.45) is 4.22. The Morgan fingerprint density at radius 2 is 2.04 bits per heavy atom. The number of carbonyl (C=O) groups excluding carboxylic acids is 1. The van der Waals surface area contributed by atoms with Gasteiger partial charge in [-0.2, -0.15) is 5.10 Å². The number of halogens is 1. The fourth-order valence-electron chi connectivity index (χ4n) is 2.98. The standard InChI is InChI=1S/C18H21FN4O/c1-12-17(7-8-18(24)22-10-9-15(20)11-22)13(2)23(21-12)16-5-3-14(19)4-6-16/h3-8,15H,9-11,20H2,1-2H3/b8-7+. The molecule has 1 aromatic heterocycles. The molecule has 0 saturated carbocycles. The van der Waals surface area contributed by atoms with Crippen LogP contribution in [0.1, 0.15) is 23.4 Å². The Balaban J connectivity index is 1.83. The molecule has 126 valence electrons. The van der Waals surface area contributed by atoms with Crippen LogP contribution in [0.15, 0.2) is 30.3 Å². The molecule has 2 aromatic rings. The molecule has 1 aliphatic heterocycles. The predicted octanol–water partition coefficient (Wildman–Crippen LogP) is 2.20. The van der Waals surface area contributed by atoms with Gasteiger partial charge in [0.25, 0.3) is 0 Å². The molecule has 5 nitrogen and oxygen atoms in total. The van der Waals surface area contributed by atoms with E-state index < -0.39 is 0 Å². The van der Waals surface area contributed by atoms with E-state index in [1.54, 1.807) is 33.9 Å². The first-order chi connectivity index (χ1) is 11.5. The van der Waals surface area contributed by atoms with Gasteiger partial charge in [0.2, 0.25) is 5.91 Å². The summed E-state index contributed by atoms with van der Waals surface area (Å²) in [5.41, 5.74) is 9.25. The van der Waals surface area contributed by atoms with Crippen LogP contribution in [-0.2, 0) is 4.79 Å². The van der Waals surface area contributed by atoms with Crippen LogP contribution in [0.4, 0.5) is 4.39 Å². The molecule has 24 heavy (non-hydrogen) atoms. The van der Waals surface area contributed by atoms with Crippen molar-refractivity contribution in [2.75, 3.05) is 13.1 Å². The van der Waals surface area contributed by atoms with E-state index in [9.17, 15) is 9.18 Å². The SMILES string of the molecule is Cc1nn(-c2ccc(F)cc2)c(C)c1/C=C/C(=O)N1CCC(N)C1. The highest BCUT2D eigenvalue weighted by atomic mass is 19.1. The molecule has 2 heterocycles. The molecule has 3 rings (SSSR count). The van der Waals surface area contributed by atoms with E-state index >= 15 is 0 Å². The number of amides is 1. The first-order valence-electron chi connectivity index (χ1n) is 8.00. The molecule has 2 N–H and O–H groups in total. The average molecular weight is 328 g/mol. The molecular weight excluding hydrogens is 307 g/mol. The summed E-state index contributed by atoms with van der Waals surface area (Å²) in [4.78, 5) is 14.0. The quantitative estimate of drug-likeness (QED) is 0.879. The summed E-state index contributed by atoms with van der Waals surface area (Å²) in [7, 11) is 0. The van der Waals surface area contributed by atoms with Gasteiger partial charge >= 0.3 is 0 Å². The Labute approximate surface area is 140 Å². The Morgan fingerprint density at radius 3 is 2.67 bits per heavy atom. The van der Waals surface area contributed by atoms with Gasteiger partial charge in [-0.25, -0.2) is 9.07 Å². The lowest BCUT2D eigenvalue weighted by atomic mass is 10.2. The lowest BCUT2D eigenvalue weighted by molar-refractivity contribution is -0.124. The Bertz CT molecular complexity index is 779. The van der Waals surface area contributed by atoms with Gasteiger partial charge < -0.3 is 10.6 Å². The minimum absolute atomic E-state index is 0.0312. The first-order valence-corrected chi connectivity index (χ1v) is 8.00. The number of carbonyl (C=O) groups is 1. The number of nitrogens with zero attached hydrogens (tertiary/aromatic N) is 3. The molecule has 6 heteroatoms. The third kappa shape index (κ3) is 3.23. The molecule has 1 atom stereocenters. The van der Waals surface area contributed by atoms with Crippen molar-refractivity contribution < 1.29 is 9.18 Å². The van der Waals surface area contributed by atoms with E-state index in [-0.39, 0.29) is 17.8 Å². The Morgan fingerprint density at radius 1 is 1.33 bits per heavy atom. The molecule has 0 spiro atoms. The number of likely N-dealkylation sites (tertiary alicyclic amines) is 1. The number of aryl methyl sites for hydroxylation is 1. The van der Waals surface area contributed by atoms with Crippen molar-refractivity contribution in [3.05, 3.63) is 53.1 Å². The number of hydrogen-bond acceptors (Lipinski definition) is 3. The third-order valence-corrected chi connectivity index (χ3v) is 4.35. The summed E-state index contributed by atoms with van der Waals surface area (Å²) < 4.78 is 14.8. The van der Waals surface area contributed by atoms with Gasteiger partial charge in [-0.15, -0.1) is 0 Å². The van der Waals surface area contributed by atoms with Crippen LogP contribution >= 0.6 is 0 Å². The molecule has 1 aromatic carbocycles. The maximum atomic E-state index is 13.1. The van der Waals surface area contributed by atoms with Crippen molar-refractivity contribution in [2.24, 2.45) is 5.73 Å². The van der Waals surface area contributed by atoms with E-state index in [0.717, 1.165) is 29.1 Å². The zero-order valence-corrected chi connectivity index (χ0v) is 13.9. The van der Waals surface area contributed by atoms with Crippen molar-refractivity contribution >= 4 is 12.0 Å². The summed E-state index contributed by atoms with van der Waals surface area (Å²) in [6, 6.07) is 6.24. The van der Waals surface area contributed by atoms with Gasteiger partial charge in [-0.3, -0.25) is 4.79 Å². The minimum atomic E-state index is -0.283. The number of benzene rings is 1. The fraction of sp³-hybridized carbons (Fsp3) is 0.333. The molecule has 0 aliphatic carbocycles. The number of hydrogen-bond donors (Lipinski definition) is 1. The highest BCUT2D eigenvalue weighted by molar-refractivity contribution is 5.92. The fourth-order valence-corrected chi connectivity index (χ4v) is 2.98. The average Bonchev–Trinajstić information content (AvgIpc) is 3.10. The molecule has 1 aliphatic rings. The van der Waals surface area contributed by atoms with E-state index in [0.29, 0.717) is 13.1 Å². The topological polar surface area (TPSA) is 64.2 Å². The highest BCUT2D eigenvalue weighted by Gasteiger charge is 2.22. The first kappa shape index (κ1) is 16.4. The molecule has 1 unspecified atom stereocenters. The van der Waals surface area contributed by atoms with Crippen molar-refractivity contribution in [3.63, 3.8) is 0 Å². The summed E-state index contributed by atoms with van der Waals surface area (Å²) in [5, 5.41) is 4.50. The van der Waals surface area contributed by atoms with E-state index in [1.807, 2.05) is 13.8 Å². The lowest BCUT2D eigenvalue weighted by Crippen LogP contribution is -2.30. The summed E-state index contributed by atoms with van der Waals surface area (Å²) >= 11 is 0. The molecule has 0 radical (unpaired) electrons. The van der Waals surface area contributed by atoms with Crippen LogP contribution in [-0.4, -0.2) is 39.7 Å². The van der Waals surface area contributed by atoms with Crippen molar-refractivity contribution in [3.8, 4) is 5.69 Å². The zero-order chi connectivity index (χ0) is 17.3. The molecular formula is C18H21FN4O. The molecule has 1 saturated heterocycles. The van der Waals surface area contributed by atoms with Crippen molar-refractivity contribution in [1.29, 1.82) is 0 Å². The van der Waals surface area contributed by atoms with Gasteiger partial charge in [0.1, 0.15) is 5.82 Å². The smallest absolute Gasteiger partial charge is 0.246 e. The van der Waals surface area contributed by atoms with Gasteiger partial charge in [-0.1, -0.05) is 0 Å². The highest BCUT2D eigenvalue weighted by Crippen LogP contribution is 2.20. The number of aromatic nitrogens is 2. The van der Waals surface area contributed by atoms with Gasteiger partial charge in [0.15, 0.2) is 0 Å². The maximum absolute atomic E-state index is 13.1. The second-order valence-corrected chi connectivity index (χ2v) is 6.14. The number of rotatable bonds is 3. The predicted molar refractivity (Wildman–Crippen MR) is 91.2 cm³/mol. The van der Waals surface area contributed by atoms with E-state index in [1.165, 1.54) is 12.1 Å². The van der Waals surface area contributed by atoms with Gasteiger partial charge in [0.05, 0.1) is 11.4 Å². The van der Waals surface area contributed by atoms with Crippen LogP contribution in [0.5, 0.6) is 0 Å². The Kier molecular flexibility index (Phi) is 4.49. The van der Waals surface area contributed by atoms with Crippen LogP contribution < -0.4 is 5.73 Å². The normalized spacial score (nSPS) is 17.8. The van der Waals surface area contributed by atoms with Crippen LogP contribution in [0.25, 0.3) is 11.8 Å². The molecule has 0 bridgehead atoms. The molecule has 1 fully saturated rings. The Hall–Kier alpha value is -2.47. The second kappa shape index (κ2) is 6.57.